The largest absolute Gasteiger partial charge is 0.361 e. The van der Waals surface area contributed by atoms with E-state index in [-0.39, 0.29) is 11.9 Å². The Morgan fingerprint density at radius 2 is 1.71 bits per heavy atom. The van der Waals surface area contributed by atoms with Gasteiger partial charge in [0.1, 0.15) is 0 Å². The van der Waals surface area contributed by atoms with Gasteiger partial charge in [0.05, 0.1) is 6.42 Å². The molecule has 1 heterocycles. The zero-order valence-electron chi connectivity index (χ0n) is 15.2. The van der Waals surface area contributed by atoms with Gasteiger partial charge in [-0.05, 0) is 36.2 Å². The van der Waals surface area contributed by atoms with Crippen LogP contribution in [0.25, 0.3) is 0 Å². The number of amides is 3. The monoisotopic (exact) mass is 379 g/mol. The van der Waals surface area contributed by atoms with E-state index in [1.807, 2.05) is 42.5 Å². The molecule has 2 aromatic carbocycles. The molecule has 0 aliphatic carbocycles. The number of anilines is 2. The zero-order chi connectivity index (χ0) is 19.9. The number of carbonyl (C=O) groups excluding carboxylic acids is 3. The normalized spacial score (nSPS) is 13.4. The summed E-state index contributed by atoms with van der Waals surface area (Å²) < 4.78 is 0. The second-order valence-electron chi connectivity index (χ2n) is 6.29. The van der Waals surface area contributed by atoms with Crippen LogP contribution in [-0.2, 0) is 20.8 Å². The molecule has 8 heteroatoms. The molecular formula is C20H21N5O3. The summed E-state index contributed by atoms with van der Waals surface area (Å²) in [5.41, 5.74) is 7.38. The van der Waals surface area contributed by atoms with Gasteiger partial charge in [0.15, 0.2) is 0 Å². The number of carbonyl (C=O) groups is 3. The lowest BCUT2D eigenvalue weighted by atomic mass is 10.1. The quantitative estimate of drug-likeness (QED) is 0.688. The number of nitrogens with two attached hydrogens (primary N) is 1. The van der Waals surface area contributed by atoms with Crippen molar-refractivity contribution in [2.45, 2.75) is 12.8 Å². The second kappa shape index (κ2) is 8.81. The van der Waals surface area contributed by atoms with Gasteiger partial charge in [0.2, 0.25) is 11.9 Å². The summed E-state index contributed by atoms with van der Waals surface area (Å²) >= 11 is 0. The average Bonchev–Trinajstić information content (AvgIpc) is 2.69. The first kappa shape index (κ1) is 19.1. The van der Waals surface area contributed by atoms with Gasteiger partial charge in [-0.3, -0.25) is 24.7 Å². The third-order valence-corrected chi connectivity index (χ3v) is 4.18. The molecule has 0 saturated heterocycles. The van der Waals surface area contributed by atoms with Crippen LogP contribution in [0.5, 0.6) is 0 Å². The lowest BCUT2D eigenvalue weighted by Gasteiger charge is -2.29. The highest BCUT2D eigenvalue weighted by molar-refractivity contribution is 6.38. The molecule has 144 valence electrons. The first-order chi connectivity index (χ1) is 13.5. The van der Waals surface area contributed by atoms with Gasteiger partial charge >= 0.3 is 11.8 Å². The fourth-order valence-corrected chi connectivity index (χ4v) is 2.84. The van der Waals surface area contributed by atoms with E-state index in [0.29, 0.717) is 25.2 Å². The van der Waals surface area contributed by atoms with Crippen LogP contribution in [0.2, 0.25) is 0 Å². The van der Waals surface area contributed by atoms with Crippen molar-refractivity contribution in [3.05, 3.63) is 60.2 Å². The summed E-state index contributed by atoms with van der Waals surface area (Å²) in [6.07, 6.45) is 1.11. The Hall–Kier alpha value is -3.68. The van der Waals surface area contributed by atoms with E-state index in [9.17, 15) is 14.4 Å². The summed E-state index contributed by atoms with van der Waals surface area (Å²) in [5, 5.41) is 5.29. The molecule has 0 aromatic heterocycles. The van der Waals surface area contributed by atoms with E-state index in [2.05, 4.69) is 15.6 Å². The summed E-state index contributed by atoms with van der Waals surface area (Å²) in [4.78, 5) is 40.8. The zero-order valence-corrected chi connectivity index (χ0v) is 15.2. The fourth-order valence-electron chi connectivity index (χ4n) is 2.84. The van der Waals surface area contributed by atoms with Crippen molar-refractivity contribution in [3.8, 4) is 0 Å². The Morgan fingerprint density at radius 3 is 2.39 bits per heavy atom. The van der Waals surface area contributed by atoms with Crippen LogP contribution in [0, 0.1) is 0 Å². The molecule has 8 nitrogen and oxygen atoms in total. The number of benzene rings is 2. The third-order valence-electron chi connectivity index (χ3n) is 4.18. The standard InChI is InChI=1S/C20H21N5O3/c21-18(27)19(28)24-20-22-11-4-12-25(20)16-9-7-15(8-10-16)23-17(26)13-14-5-2-1-3-6-14/h1-3,5-10H,4,11-13H2,(H2,21,27)(H,23,26)(H,22,24,28). The van der Waals surface area contributed by atoms with Crippen LogP contribution in [0.1, 0.15) is 12.0 Å². The van der Waals surface area contributed by atoms with E-state index < -0.39 is 11.8 Å². The van der Waals surface area contributed by atoms with Crippen LogP contribution in [0.4, 0.5) is 11.4 Å². The number of rotatable bonds is 4. The second-order valence-corrected chi connectivity index (χ2v) is 6.29. The third kappa shape index (κ3) is 4.94. The maximum atomic E-state index is 12.2. The molecule has 28 heavy (non-hydrogen) atoms. The first-order valence-corrected chi connectivity index (χ1v) is 8.89. The Bertz CT molecular complexity index is 894. The van der Waals surface area contributed by atoms with E-state index in [0.717, 1.165) is 17.7 Å². The van der Waals surface area contributed by atoms with Crippen molar-refractivity contribution < 1.29 is 14.4 Å². The molecule has 3 rings (SSSR count). The van der Waals surface area contributed by atoms with Gasteiger partial charge in [-0.15, -0.1) is 0 Å². The number of aliphatic imine (C=N–C) groups is 1. The van der Waals surface area contributed by atoms with Gasteiger partial charge in [0, 0.05) is 24.5 Å². The maximum Gasteiger partial charge on any atom is 0.315 e. The topological polar surface area (TPSA) is 117 Å². The maximum absolute atomic E-state index is 12.2. The van der Waals surface area contributed by atoms with Crippen LogP contribution in [-0.4, -0.2) is 36.8 Å². The van der Waals surface area contributed by atoms with Crippen molar-refractivity contribution >= 4 is 35.1 Å². The molecule has 0 bridgehead atoms. The Kier molecular flexibility index (Phi) is 6.01. The van der Waals surface area contributed by atoms with E-state index in [1.165, 1.54) is 0 Å². The van der Waals surface area contributed by atoms with Crippen molar-refractivity contribution in [3.63, 3.8) is 0 Å². The molecule has 0 atom stereocenters. The predicted octanol–water partition coefficient (Wildman–Crippen LogP) is 1.04. The van der Waals surface area contributed by atoms with E-state index >= 15 is 0 Å². The van der Waals surface area contributed by atoms with Gasteiger partial charge in [-0.1, -0.05) is 30.3 Å². The van der Waals surface area contributed by atoms with Crippen LogP contribution in [0.15, 0.2) is 59.6 Å². The Morgan fingerprint density at radius 1 is 1.00 bits per heavy atom. The molecule has 1 aliphatic rings. The molecular weight excluding hydrogens is 358 g/mol. The number of hydrogen-bond acceptors (Lipinski definition) is 5. The molecule has 1 aliphatic heterocycles. The highest BCUT2D eigenvalue weighted by Crippen LogP contribution is 2.20. The van der Waals surface area contributed by atoms with Gasteiger partial charge in [0.25, 0.3) is 0 Å². The van der Waals surface area contributed by atoms with Gasteiger partial charge in [-0.25, -0.2) is 0 Å². The minimum Gasteiger partial charge on any atom is -0.361 e. The van der Waals surface area contributed by atoms with Crippen molar-refractivity contribution in [1.82, 2.24) is 5.32 Å². The number of nitrogens with one attached hydrogen (secondary N) is 2. The SMILES string of the molecule is NC(=O)C(=O)NC1=NCCCN1c1ccc(NC(=O)Cc2ccccc2)cc1. The van der Waals surface area contributed by atoms with Crippen molar-refractivity contribution in [2.24, 2.45) is 10.7 Å². The Labute approximate surface area is 162 Å². The Balaban J connectivity index is 1.65. The van der Waals surface area contributed by atoms with Crippen molar-refractivity contribution in [1.29, 1.82) is 0 Å². The summed E-state index contributed by atoms with van der Waals surface area (Å²) in [7, 11) is 0. The van der Waals surface area contributed by atoms with Gasteiger partial charge in [-0.2, -0.15) is 0 Å². The highest BCUT2D eigenvalue weighted by atomic mass is 16.2. The molecule has 3 amide bonds. The van der Waals surface area contributed by atoms with Gasteiger partial charge < -0.3 is 16.0 Å². The van der Waals surface area contributed by atoms with Crippen molar-refractivity contribution in [2.75, 3.05) is 23.3 Å². The minimum atomic E-state index is -1.07. The number of primary amides is 1. The molecule has 0 unspecified atom stereocenters. The number of hydrogen-bond donors (Lipinski definition) is 3. The van der Waals surface area contributed by atoms with Crippen LogP contribution >= 0.6 is 0 Å². The lowest BCUT2D eigenvalue weighted by Crippen LogP contribution is -2.50. The first-order valence-electron chi connectivity index (χ1n) is 8.89. The summed E-state index contributed by atoms with van der Waals surface area (Å²) in [6.45, 7) is 1.19. The lowest BCUT2D eigenvalue weighted by molar-refractivity contribution is -0.136. The summed E-state index contributed by atoms with van der Waals surface area (Å²) in [6, 6.07) is 16.7. The molecule has 0 saturated carbocycles. The average molecular weight is 379 g/mol. The fraction of sp³-hybridized carbons (Fsp3) is 0.200. The molecule has 4 N–H and O–H groups in total. The van der Waals surface area contributed by atoms with Crippen LogP contribution in [0.3, 0.4) is 0 Å². The van der Waals surface area contributed by atoms with E-state index in [4.69, 9.17) is 5.73 Å². The molecule has 0 fully saturated rings. The minimum absolute atomic E-state index is 0.104. The predicted molar refractivity (Wildman–Crippen MR) is 107 cm³/mol. The highest BCUT2D eigenvalue weighted by Gasteiger charge is 2.21. The van der Waals surface area contributed by atoms with E-state index in [1.54, 1.807) is 17.0 Å². The molecule has 0 spiro atoms. The number of guanidine groups is 1. The van der Waals surface area contributed by atoms with Crippen LogP contribution < -0.4 is 21.3 Å². The molecule has 2 aromatic rings. The summed E-state index contributed by atoms with van der Waals surface area (Å²) in [5.74, 6) is -1.79. The smallest absolute Gasteiger partial charge is 0.315 e. The number of nitrogens with zero attached hydrogens (tertiary/aromatic N) is 2. The molecule has 0 radical (unpaired) electrons.